The fourth-order valence-corrected chi connectivity index (χ4v) is 2.24. The van der Waals surface area contributed by atoms with Crippen LogP contribution >= 0.6 is 0 Å². The average molecular weight is 290 g/mol. The van der Waals surface area contributed by atoms with Crippen molar-refractivity contribution in [2.24, 2.45) is 0 Å². The van der Waals surface area contributed by atoms with Gasteiger partial charge in [-0.05, 0) is 38.3 Å². The Morgan fingerprint density at radius 2 is 1.81 bits per heavy atom. The zero-order valence-corrected chi connectivity index (χ0v) is 13.5. The molecule has 0 aromatic heterocycles. The lowest BCUT2D eigenvalue weighted by Gasteiger charge is -2.40. The van der Waals surface area contributed by atoms with Crippen LogP contribution in [0.15, 0.2) is 24.3 Å². The molecule has 1 aromatic carbocycles. The third kappa shape index (κ3) is 4.74. The molecular weight excluding hydrogens is 264 g/mol. The first-order valence-electron chi connectivity index (χ1n) is 7.66. The van der Waals surface area contributed by atoms with Crippen LogP contribution in [0.3, 0.4) is 0 Å². The molecule has 2 rings (SSSR count). The minimum Gasteiger partial charge on any atom is -0.444 e. The van der Waals surface area contributed by atoms with Gasteiger partial charge in [-0.3, -0.25) is 0 Å². The van der Waals surface area contributed by atoms with Gasteiger partial charge < -0.3 is 15.0 Å². The van der Waals surface area contributed by atoms with Gasteiger partial charge in [0, 0.05) is 25.7 Å². The average Bonchev–Trinajstić information content (AvgIpc) is 2.35. The molecule has 21 heavy (non-hydrogen) atoms. The van der Waals surface area contributed by atoms with E-state index in [4.69, 9.17) is 4.74 Å². The maximum absolute atomic E-state index is 11.8. The molecule has 0 radical (unpaired) electrons. The van der Waals surface area contributed by atoms with Gasteiger partial charge in [-0.1, -0.05) is 31.2 Å². The highest BCUT2D eigenvalue weighted by molar-refractivity contribution is 5.69. The maximum Gasteiger partial charge on any atom is 0.410 e. The largest absolute Gasteiger partial charge is 0.444 e. The molecule has 116 valence electrons. The van der Waals surface area contributed by atoms with Crippen molar-refractivity contribution < 1.29 is 9.53 Å². The van der Waals surface area contributed by atoms with Gasteiger partial charge >= 0.3 is 6.09 Å². The van der Waals surface area contributed by atoms with E-state index < -0.39 is 5.60 Å². The van der Waals surface area contributed by atoms with Crippen molar-refractivity contribution >= 4 is 6.09 Å². The van der Waals surface area contributed by atoms with E-state index in [1.165, 1.54) is 11.1 Å². The number of rotatable bonds is 4. The van der Waals surface area contributed by atoms with E-state index in [1.54, 1.807) is 4.90 Å². The van der Waals surface area contributed by atoms with Crippen LogP contribution in [-0.2, 0) is 17.7 Å². The molecule has 0 aliphatic carbocycles. The Labute approximate surface area is 127 Å². The molecule has 1 amide bonds. The fraction of sp³-hybridized carbons (Fsp3) is 0.588. The van der Waals surface area contributed by atoms with Crippen LogP contribution in [0.1, 0.15) is 38.8 Å². The molecule has 0 spiro atoms. The summed E-state index contributed by atoms with van der Waals surface area (Å²) in [6.07, 6.45) is 0.856. The summed E-state index contributed by atoms with van der Waals surface area (Å²) in [5.74, 6) is 0. The third-order valence-corrected chi connectivity index (χ3v) is 3.56. The van der Waals surface area contributed by atoms with E-state index in [1.807, 2.05) is 20.8 Å². The number of hydrogen-bond acceptors (Lipinski definition) is 3. The van der Waals surface area contributed by atoms with Crippen LogP contribution in [0, 0.1) is 0 Å². The summed E-state index contributed by atoms with van der Waals surface area (Å²) in [5, 5.41) is 3.47. The van der Waals surface area contributed by atoms with E-state index in [9.17, 15) is 4.79 Å². The number of aryl methyl sites for hydroxylation is 1. The number of nitrogens with zero attached hydrogens (tertiary/aromatic N) is 1. The van der Waals surface area contributed by atoms with Crippen LogP contribution in [0.4, 0.5) is 4.79 Å². The first-order chi connectivity index (χ1) is 9.87. The van der Waals surface area contributed by atoms with Gasteiger partial charge in [-0.15, -0.1) is 0 Å². The first kappa shape index (κ1) is 15.8. The lowest BCUT2D eigenvalue weighted by Crippen LogP contribution is -2.60. The summed E-state index contributed by atoms with van der Waals surface area (Å²) in [6.45, 7) is 10.1. The van der Waals surface area contributed by atoms with Gasteiger partial charge in [0.25, 0.3) is 0 Å². The topological polar surface area (TPSA) is 41.6 Å². The standard InChI is InChI=1S/C17H26N2O2/c1-5-13-6-8-14(9-7-13)10-18-15-11-19(12-15)16(20)21-17(2,3)4/h6-9,15,18H,5,10-12H2,1-4H3. The van der Waals surface area contributed by atoms with E-state index >= 15 is 0 Å². The predicted octanol–water partition coefficient (Wildman–Crippen LogP) is 2.96. The van der Waals surface area contributed by atoms with E-state index in [0.717, 1.165) is 26.1 Å². The molecule has 0 unspecified atom stereocenters. The summed E-state index contributed by atoms with van der Waals surface area (Å²) < 4.78 is 5.34. The number of amides is 1. The highest BCUT2D eigenvalue weighted by Gasteiger charge is 2.33. The van der Waals surface area contributed by atoms with Gasteiger partial charge in [0.1, 0.15) is 5.60 Å². The van der Waals surface area contributed by atoms with Crippen molar-refractivity contribution in [1.82, 2.24) is 10.2 Å². The predicted molar refractivity (Wildman–Crippen MR) is 84.3 cm³/mol. The molecular formula is C17H26N2O2. The third-order valence-electron chi connectivity index (χ3n) is 3.56. The second-order valence-electron chi connectivity index (χ2n) is 6.63. The van der Waals surface area contributed by atoms with E-state index in [-0.39, 0.29) is 6.09 Å². The Bertz CT molecular complexity index is 471. The second-order valence-corrected chi connectivity index (χ2v) is 6.63. The molecule has 4 heteroatoms. The molecule has 1 saturated heterocycles. The van der Waals surface area contributed by atoms with E-state index in [0.29, 0.717) is 6.04 Å². The van der Waals surface area contributed by atoms with Crippen LogP contribution in [0.2, 0.25) is 0 Å². The lowest BCUT2D eigenvalue weighted by atomic mass is 10.1. The monoisotopic (exact) mass is 290 g/mol. The number of nitrogens with one attached hydrogen (secondary N) is 1. The summed E-state index contributed by atoms with van der Waals surface area (Å²) in [5.41, 5.74) is 2.22. The van der Waals surface area contributed by atoms with Crippen LogP contribution in [-0.4, -0.2) is 35.7 Å². The zero-order chi connectivity index (χ0) is 15.5. The summed E-state index contributed by atoms with van der Waals surface area (Å²) in [7, 11) is 0. The van der Waals surface area contributed by atoms with Gasteiger partial charge in [0.15, 0.2) is 0 Å². The number of carbonyl (C=O) groups excluding carboxylic acids is 1. The first-order valence-corrected chi connectivity index (χ1v) is 7.66. The molecule has 4 nitrogen and oxygen atoms in total. The lowest BCUT2D eigenvalue weighted by molar-refractivity contribution is 0.00519. The molecule has 0 atom stereocenters. The van der Waals surface area contributed by atoms with Gasteiger partial charge in [0.05, 0.1) is 0 Å². The molecule has 1 aromatic rings. The van der Waals surface area contributed by atoms with Crippen molar-refractivity contribution in [3.8, 4) is 0 Å². The minimum atomic E-state index is -0.420. The van der Waals surface area contributed by atoms with Gasteiger partial charge in [-0.25, -0.2) is 4.79 Å². The van der Waals surface area contributed by atoms with Gasteiger partial charge in [-0.2, -0.15) is 0 Å². The molecule has 0 bridgehead atoms. The Morgan fingerprint density at radius 1 is 1.24 bits per heavy atom. The van der Waals surface area contributed by atoms with E-state index in [2.05, 4.69) is 36.5 Å². The quantitative estimate of drug-likeness (QED) is 0.927. The smallest absolute Gasteiger partial charge is 0.410 e. The number of hydrogen-bond donors (Lipinski definition) is 1. The molecule has 0 saturated carbocycles. The SMILES string of the molecule is CCc1ccc(CNC2CN(C(=O)OC(C)(C)C)C2)cc1. The number of ether oxygens (including phenoxy) is 1. The summed E-state index contributed by atoms with van der Waals surface area (Å²) in [4.78, 5) is 13.5. The summed E-state index contributed by atoms with van der Waals surface area (Å²) in [6, 6.07) is 9.03. The molecule has 1 fully saturated rings. The molecule has 1 aliphatic heterocycles. The van der Waals surface area contributed by atoms with Crippen molar-refractivity contribution in [3.63, 3.8) is 0 Å². The Hall–Kier alpha value is -1.55. The molecule has 1 aliphatic rings. The highest BCUT2D eigenvalue weighted by atomic mass is 16.6. The van der Waals surface area contributed by atoms with Crippen molar-refractivity contribution in [2.75, 3.05) is 13.1 Å². The highest BCUT2D eigenvalue weighted by Crippen LogP contribution is 2.15. The fourth-order valence-electron chi connectivity index (χ4n) is 2.24. The van der Waals surface area contributed by atoms with Crippen LogP contribution < -0.4 is 5.32 Å². The zero-order valence-electron chi connectivity index (χ0n) is 13.5. The number of likely N-dealkylation sites (tertiary alicyclic amines) is 1. The van der Waals surface area contributed by atoms with Gasteiger partial charge in [0.2, 0.25) is 0 Å². The molecule has 1 N–H and O–H groups in total. The Kier molecular flexibility index (Phi) is 4.88. The molecule has 1 heterocycles. The number of carbonyl (C=O) groups is 1. The van der Waals surface area contributed by atoms with Crippen LogP contribution in [0.5, 0.6) is 0 Å². The second kappa shape index (κ2) is 6.48. The summed E-state index contributed by atoms with van der Waals surface area (Å²) >= 11 is 0. The normalized spacial score (nSPS) is 15.7. The Morgan fingerprint density at radius 3 is 2.33 bits per heavy atom. The maximum atomic E-state index is 11.8. The number of benzene rings is 1. The van der Waals surface area contributed by atoms with Crippen molar-refractivity contribution in [2.45, 2.75) is 52.3 Å². The Balaban J connectivity index is 1.69. The minimum absolute atomic E-state index is 0.215. The van der Waals surface area contributed by atoms with Crippen molar-refractivity contribution in [1.29, 1.82) is 0 Å². The van der Waals surface area contributed by atoms with Crippen LogP contribution in [0.25, 0.3) is 0 Å². The van der Waals surface area contributed by atoms with Crippen molar-refractivity contribution in [3.05, 3.63) is 35.4 Å².